The minimum atomic E-state index is -0.957. The van der Waals surface area contributed by atoms with E-state index < -0.39 is 5.60 Å². The predicted octanol–water partition coefficient (Wildman–Crippen LogP) is 2.24. The molecule has 0 atom stereocenters. The SMILES string of the molecule is CC(C)(O)c1cccc(C(=O)NCc2ccncc2)c1. The standard InChI is InChI=1S/C16H18N2O2/c1-16(2,20)14-5-3-4-13(10-14)15(19)18-11-12-6-8-17-9-7-12/h3-10,20H,11H2,1-2H3,(H,18,19). The molecule has 2 aromatic rings. The number of hydrogen-bond donors (Lipinski definition) is 2. The van der Waals surface area contributed by atoms with Crippen LogP contribution in [-0.4, -0.2) is 16.0 Å². The largest absolute Gasteiger partial charge is 0.386 e. The van der Waals surface area contributed by atoms with Crippen molar-refractivity contribution in [2.75, 3.05) is 0 Å². The Labute approximate surface area is 118 Å². The van der Waals surface area contributed by atoms with Crippen molar-refractivity contribution in [1.29, 1.82) is 0 Å². The first-order valence-electron chi connectivity index (χ1n) is 6.47. The molecule has 4 heteroatoms. The topological polar surface area (TPSA) is 62.2 Å². The zero-order valence-corrected chi connectivity index (χ0v) is 11.6. The molecular weight excluding hydrogens is 252 g/mol. The Morgan fingerprint density at radius 3 is 2.60 bits per heavy atom. The third-order valence-corrected chi connectivity index (χ3v) is 3.03. The Hall–Kier alpha value is -2.20. The lowest BCUT2D eigenvalue weighted by Gasteiger charge is -2.18. The van der Waals surface area contributed by atoms with Gasteiger partial charge in [0.05, 0.1) is 5.60 Å². The molecule has 1 aromatic heterocycles. The highest BCUT2D eigenvalue weighted by Crippen LogP contribution is 2.20. The summed E-state index contributed by atoms with van der Waals surface area (Å²) in [4.78, 5) is 16.0. The minimum Gasteiger partial charge on any atom is -0.386 e. The van der Waals surface area contributed by atoms with Crippen LogP contribution in [0.5, 0.6) is 0 Å². The van der Waals surface area contributed by atoms with E-state index in [1.807, 2.05) is 12.1 Å². The Morgan fingerprint density at radius 2 is 1.95 bits per heavy atom. The van der Waals surface area contributed by atoms with Gasteiger partial charge in [-0.3, -0.25) is 9.78 Å². The lowest BCUT2D eigenvalue weighted by Crippen LogP contribution is -2.24. The molecule has 0 saturated heterocycles. The van der Waals surface area contributed by atoms with Crippen molar-refractivity contribution in [3.8, 4) is 0 Å². The van der Waals surface area contributed by atoms with Gasteiger partial charge in [0.1, 0.15) is 0 Å². The number of rotatable bonds is 4. The summed E-state index contributed by atoms with van der Waals surface area (Å²) in [5.74, 6) is -0.159. The molecule has 0 saturated carbocycles. The van der Waals surface area contributed by atoms with Crippen LogP contribution < -0.4 is 5.32 Å². The van der Waals surface area contributed by atoms with Gasteiger partial charge in [0.25, 0.3) is 5.91 Å². The monoisotopic (exact) mass is 270 g/mol. The molecule has 2 rings (SSSR count). The lowest BCUT2D eigenvalue weighted by atomic mass is 9.96. The van der Waals surface area contributed by atoms with Crippen molar-refractivity contribution < 1.29 is 9.90 Å². The smallest absolute Gasteiger partial charge is 0.251 e. The molecule has 1 amide bonds. The lowest BCUT2D eigenvalue weighted by molar-refractivity contribution is 0.0784. The summed E-state index contributed by atoms with van der Waals surface area (Å²) in [6.45, 7) is 3.84. The Morgan fingerprint density at radius 1 is 1.25 bits per heavy atom. The summed E-state index contributed by atoms with van der Waals surface area (Å²) < 4.78 is 0. The van der Waals surface area contributed by atoms with Crippen LogP contribution >= 0.6 is 0 Å². The van der Waals surface area contributed by atoms with Gasteiger partial charge < -0.3 is 10.4 Å². The van der Waals surface area contributed by atoms with Gasteiger partial charge in [0, 0.05) is 24.5 Å². The number of nitrogens with one attached hydrogen (secondary N) is 1. The van der Waals surface area contributed by atoms with Crippen molar-refractivity contribution in [2.45, 2.75) is 26.0 Å². The molecule has 0 radical (unpaired) electrons. The van der Waals surface area contributed by atoms with E-state index in [2.05, 4.69) is 10.3 Å². The molecule has 0 aliphatic rings. The van der Waals surface area contributed by atoms with Gasteiger partial charge in [-0.15, -0.1) is 0 Å². The van der Waals surface area contributed by atoms with Gasteiger partial charge in [-0.1, -0.05) is 12.1 Å². The van der Waals surface area contributed by atoms with E-state index in [-0.39, 0.29) is 5.91 Å². The van der Waals surface area contributed by atoms with E-state index in [0.29, 0.717) is 17.7 Å². The number of nitrogens with zero attached hydrogens (tertiary/aromatic N) is 1. The maximum atomic E-state index is 12.1. The summed E-state index contributed by atoms with van der Waals surface area (Å²) in [6, 6.07) is 10.7. The fourth-order valence-electron chi connectivity index (χ4n) is 1.83. The second-order valence-electron chi connectivity index (χ2n) is 5.18. The molecule has 20 heavy (non-hydrogen) atoms. The number of carbonyl (C=O) groups excluding carboxylic acids is 1. The van der Waals surface area contributed by atoms with E-state index >= 15 is 0 Å². The molecule has 0 unspecified atom stereocenters. The Balaban J connectivity index is 2.06. The zero-order chi connectivity index (χ0) is 14.6. The normalized spacial score (nSPS) is 11.2. The Kier molecular flexibility index (Phi) is 4.15. The van der Waals surface area contributed by atoms with Crippen molar-refractivity contribution in [1.82, 2.24) is 10.3 Å². The molecule has 2 N–H and O–H groups in total. The van der Waals surface area contributed by atoms with E-state index in [9.17, 15) is 9.90 Å². The molecule has 0 aliphatic carbocycles. The van der Waals surface area contributed by atoms with E-state index in [0.717, 1.165) is 5.56 Å². The van der Waals surface area contributed by atoms with Crippen LogP contribution in [0, 0.1) is 0 Å². The first-order chi connectivity index (χ1) is 9.47. The Bertz CT molecular complexity index is 589. The van der Waals surface area contributed by atoms with Crippen molar-refractivity contribution in [3.05, 3.63) is 65.5 Å². The summed E-state index contributed by atoms with van der Waals surface area (Å²) >= 11 is 0. The van der Waals surface area contributed by atoms with Crippen LogP contribution in [0.1, 0.15) is 35.3 Å². The molecule has 4 nitrogen and oxygen atoms in total. The average molecular weight is 270 g/mol. The summed E-state index contributed by atoms with van der Waals surface area (Å²) in [7, 11) is 0. The first-order valence-corrected chi connectivity index (χ1v) is 6.47. The van der Waals surface area contributed by atoms with Crippen LogP contribution in [0.3, 0.4) is 0 Å². The zero-order valence-electron chi connectivity index (χ0n) is 11.6. The third kappa shape index (κ3) is 3.65. The van der Waals surface area contributed by atoms with Crippen LogP contribution in [0.4, 0.5) is 0 Å². The van der Waals surface area contributed by atoms with Gasteiger partial charge >= 0.3 is 0 Å². The van der Waals surface area contributed by atoms with Gasteiger partial charge in [-0.2, -0.15) is 0 Å². The molecule has 104 valence electrons. The van der Waals surface area contributed by atoms with Gasteiger partial charge in [-0.05, 0) is 49.2 Å². The minimum absolute atomic E-state index is 0.159. The molecular formula is C16H18N2O2. The van der Waals surface area contributed by atoms with Crippen molar-refractivity contribution >= 4 is 5.91 Å². The molecule has 0 spiro atoms. The quantitative estimate of drug-likeness (QED) is 0.895. The van der Waals surface area contributed by atoms with Crippen LogP contribution in [0.15, 0.2) is 48.8 Å². The molecule has 0 fully saturated rings. The van der Waals surface area contributed by atoms with Crippen LogP contribution in [-0.2, 0) is 12.1 Å². The van der Waals surface area contributed by atoms with Gasteiger partial charge in [-0.25, -0.2) is 0 Å². The number of carbonyl (C=O) groups is 1. The van der Waals surface area contributed by atoms with Gasteiger partial charge in [0.2, 0.25) is 0 Å². The maximum absolute atomic E-state index is 12.1. The van der Waals surface area contributed by atoms with Crippen molar-refractivity contribution in [3.63, 3.8) is 0 Å². The highest BCUT2D eigenvalue weighted by Gasteiger charge is 2.17. The molecule has 1 aromatic carbocycles. The van der Waals surface area contributed by atoms with E-state index in [1.54, 1.807) is 50.5 Å². The number of pyridine rings is 1. The second kappa shape index (κ2) is 5.84. The first kappa shape index (κ1) is 14.2. The molecule has 1 heterocycles. The third-order valence-electron chi connectivity index (χ3n) is 3.03. The number of benzene rings is 1. The predicted molar refractivity (Wildman–Crippen MR) is 77.1 cm³/mol. The highest BCUT2D eigenvalue weighted by molar-refractivity contribution is 5.94. The number of aliphatic hydroxyl groups is 1. The molecule has 0 bridgehead atoms. The summed E-state index contributed by atoms with van der Waals surface area (Å²) in [5.41, 5.74) is 1.29. The van der Waals surface area contributed by atoms with Crippen molar-refractivity contribution in [2.24, 2.45) is 0 Å². The van der Waals surface area contributed by atoms with E-state index in [1.165, 1.54) is 0 Å². The number of aromatic nitrogens is 1. The van der Waals surface area contributed by atoms with Crippen LogP contribution in [0.25, 0.3) is 0 Å². The maximum Gasteiger partial charge on any atom is 0.251 e. The summed E-state index contributed by atoms with van der Waals surface area (Å²) in [6.07, 6.45) is 3.38. The fourth-order valence-corrected chi connectivity index (χ4v) is 1.83. The van der Waals surface area contributed by atoms with Gasteiger partial charge in [0.15, 0.2) is 0 Å². The second-order valence-corrected chi connectivity index (χ2v) is 5.18. The molecule has 0 aliphatic heterocycles. The highest BCUT2D eigenvalue weighted by atomic mass is 16.3. The average Bonchev–Trinajstić information content (AvgIpc) is 2.45. The fraction of sp³-hybridized carbons (Fsp3) is 0.250. The van der Waals surface area contributed by atoms with Crippen LogP contribution in [0.2, 0.25) is 0 Å². The summed E-state index contributed by atoms with van der Waals surface area (Å²) in [5, 5.41) is 12.8. The van der Waals surface area contributed by atoms with E-state index in [4.69, 9.17) is 0 Å². The number of hydrogen-bond acceptors (Lipinski definition) is 3. The number of amides is 1.